The molecule has 0 spiro atoms. The quantitative estimate of drug-likeness (QED) is 0.490. The van der Waals surface area contributed by atoms with Crippen LogP contribution in [0.1, 0.15) is 12.5 Å². The number of aliphatic imine (C=N–C) groups is 1. The van der Waals surface area contributed by atoms with E-state index in [2.05, 4.69) is 9.98 Å². The van der Waals surface area contributed by atoms with Gasteiger partial charge in [0.15, 0.2) is 5.17 Å². The Balaban J connectivity index is 1.64. The van der Waals surface area contributed by atoms with Crippen LogP contribution in [0.4, 0.5) is 10.8 Å². The van der Waals surface area contributed by atoms with Gasteiger partial charge in [0.25, 0.3) is 5.91 Å². The summed E-state index contributed by atoms with van der Waals surface area (Å²) >= 11 is 2.83. The van der Waals surface area contributed by atoms with Crippen molar-refractivity contribution in [1.29, 1.82) is 0 Å². The third-order valence-electron chi connectivity index (χ3n) is 4.39. The Morgan fingerprint density at radius 1 is 1.14 bits per heavy atom. The lowest BCUT2D eigenvalue weighted by molar-refractivity contribution is -0.121. The first kappa shape index (κ1) is 18.5. The zero-order valence-electron chi connectivity index (χ0n) is 15.4. The van der Waals surface area contributed by atoms with E-state index < -0.39 is 0 Å². The minimum absolute atomic E-state index is 0.0662. The van der Waals surface area contributed by atoms with Crippen LogP contribution >= 0.6 is 23.1 Å². The van der Waals surface area contributed by atoms with Crippen LogP contribution in [0.25, 0.3) is 16.8 Å². The summed E-state index contributed by atoms with van der Waals surface area (Å²) in [5.41, 5.74) is 10.3. The highest BCUT2D eigenvalue weighted by molar-refractivity contribution is 8.18. The van der Waals surface area contributed by atoms with E-state index in [-0.39, 0.29) is 5.91 Å². The number of hydrogen-bond acceptors (Lipinski definition) is 6. The van der Waals surface area contributed by atoms with E-state index >= 15 is 0 Å². The first-order chi connectivity index (χ1) is 13.5. The largest absolute Gasteiger partial charge is 0.399 e. The first-order valence-corrected chi connectivity index (χ1v) is 10.3. The predicted molar refractivity (Wildman–Crippen MR) is 118 cm³/mol. The fourth-order valence-corrected chi connectivity index (χ4v) is 4.60. The van der Waals surface area contributed by atoms with Crippen molar-refractivity contribution in [2.45, 2.75) is 6.92 Å². The van der Waals surface area contributed by atoms with E-state index in [9.17, 15) is 4.79 Å². The number of anilines is 1. The molecule has 0 saturated carbocycles. The molecular formula is C21H18N4OS2. The van der Waals surface area contributed by atoms with Gasteiger partial charge in [-0.1, -0.05) is 42.5 Å². The van der Waals surface area contributed by atoms with Gasteiger partial charge in [-0.2, -0.15) is 4.99 Å². The number of likely N-dealkylation sites (N-methyl/N-ethyl adjacent to an activating group) is 1. The molecule has 28 heavy (non-hydrogen) atoms. The highest BCUT2D eigenvalue weighted by Gasteiger charge is 2.32. The van der Waals surface area contributed by atoms with Crippen molar-refractivity contribution in [2.75, 3.05) is 12.8 Å². The molecule has 3 aromatic rings. The molecule has 0 bridgehead atoms. The van der Waals surface area contributed by atoms with Gasteiger partial charge in [-0.15, -0.1) is 11.3 Å². The summed E-state index contributed by atoms with van der Waals surface area (Å²) in [5, 5.41) is 3.23. The number of benzene rings is 2. The molecular weight excluding hydrogens is 388 g/mol. The maximum atomic E-state index is 12.8. The zero-order valence-corrected chi connectivity index (χ0v) is 17.1. The van der Waals surface area contributed by atoms with Crippen molar-refractivity contribution in [3.63, 3.8) is 0 Å². The smallest absolute Gasteiger partial charge is 0.266 e. The number of nitrogens with two attached hydrogens (primary N) is 1. The average molecular weight is 407 g/mol. The van der Waals surface area contributed by atoms with E-state index in [4.69, 9.17) is 5.73 Å². The van der Waals surface area contributed by atoms with Crippen LogP contribution in [0.15, 0.2) is 69.9 Å². The van der Waals surface area contributed by atoms with Crippen molar-refractivity contribution in [1.82, 2.24) is 9.88 Å². The normalized spacial score (nSPS) is 17.4. The Labute approximate surface area is 171 Å². The van der Waals surface area contributed by atoms with Crippen LogP contribution in [0.3, 0.4) is 0 Å². The third kappa shape index (κ3) is 3.58. The van der Waals surface area contributed by atoms with E-state index in [1.165, 1.54) is 23.1 Å². The minimum atomic E-state index is -0.0662. The fraction of sp³-hybridized carbons (Fsp3) is 0.0952. The fourth-order valence-electron chi connectivity index (χ4n) is 2.82. The Hall–Kier alpha value is -2.90. The van der Waals surface area contributed by atoms with E-state index in [1.54, 1.807) is 11.9 Å². The van der Waals surface area contributed by atoms with Gasteiger partial charge in [0.05, 0.1) is 10.6 Å². The summed E-state index contributed by atoms with van der Waals surface area (Å²) in [6, 6.07) is 17.5. The average Bonchev–Trinajstić information content (AvgIpc) is 3.29. The van der Waals surface area contributed by atoms with E-state index in [0.29, 0.717) is 20.9 Å². The van der Waals surface area contributed by atoms with Gasteiger partial charge >= 0.3 is 0 Å². The molecule has 4 rings (SSSR count). The standard InChI is InChI=1S/C21H18N4OS2/c1-13(15-9-6-10-16(22)11-15)18-19(26)25(2)21(28-18)24-20-23-17(12-27-20)14-7-4-3-5-8-14/h3-12H,22H2,1-2H3/b18-13-,24-21+. The Morgan fingerprint density at radius 3 is 2.68 bits per heavy atom. The number of nitrogens with zero attached hydrogens (tertiary/aromatic N) is 3. The van der Waals surface area contributed by atoms with Gasteiger partial charge in [-0.25, -0.2) is 4.98 Å². The van der Waals surface area contributed by atoms with E-state index in [1.807, 2.05) is 66.9 Å². The maximum Gasteiger partial charge on any atom is 0.266 e. The molecule has 0 atom stereocenters. The molecule has 0 unspecified atom stereocenters. The molecule has 1 aliphatic heterocycles. The van der Waals surface area contributed by atoms with Gasteiger partial charge in [0.1, 0.15) is 0 Å². The van der Waals surface area contributed by atoms with E-state index in [0.717, 1.165) is 22.4 Å². The van der Waals surface area contributed by atoms with Crippen molar-refractivity contribution in [3.8, 4) is 11.3 Å². The number of nitrogen functional groups attached to an aromatic ring is 1. The molecule has 5 nitrogen and oxygen atoms in total. The minimum Gasteiger partial charge on any atom is -0.399 e. The Kier molecular flexibility index (Phi) is 5.02. The summed E-state index contributed by atoms with van der Waals surface area (Å²) in [5.74, 6) is -0.0662. The molecule has 140 valence electrons. The zero-order chi connectivity index (χ0) is 19.7. The third-order valence-corrected chi connectivity index (χ3v) is 6.36. The number of thioether (sulfide) groups is 1. The van der Waals surface area contributed by atoms with Gasteiger partial charge in [0, 0.05) is 23.7 Å². The van der Waals surface area contributed by atoms with Crippen LogP contribution in [-0.2, 0) is 4.79 Å². The predicted octanol–water partition coefficient (Wildman–Crippen LogP) is 5.02. The number of thiazole rings is 1. The number of amidine groups is 1. The number of aromatic nitrogens is 1. The lowest BCUT2D eigenvalue weighted by Gasteiger charge is -2.07. The molecule has 1 aromatic heterocycles. The van der Waals surface area contributed by atoms with Crippen LogP contribution in [0.5, 0.6) is 0 Å². The monoisotopic (exact) mass is 406 g/mol. The van der Waals surface area contributed by atoms with Crippen molar-refractivity contribution < 1.29 is 4.79 Å². The molecule has 2 aromatic carbocycles. The molecule has 1 amide bonds. The summed E-state index contributed by atoms with van der Waals surface area (Å²) in [7, 11) is 1.74. The Bertz CT molecular complexity index is 1100. The summed E-state index contributed by atoms with van der Waals surface area (Å²) in [6.07, 6.45) is 0. The number of amides is 1. The molecule has 2 heterocycles. The second kappa shape index (κ2) is 7.61. The summed E-state index contributed by atoms with van der Waals surface area (Å²) in [6.45, 7) is 1.93. The number of carbonyl (C=O) groups excluding carboxylic acids is 1. The van der Waals surface area contributed by atoms with Crippen LogP contribution < -0.4 is 5.73 Å². The van der Waals surface area contributed by atoms with Gasteiger partial charge in [0.2, 0.25) is 5.13 Å². The second-order valence-electron chi connectivity index (χ2n) is 6.32. The van der Waals surface area contributed by atoms with Gasteiger partial charge in [-0.05, 0) is 42.0 Å². The number of carbonyl (C=O) groups is 1. The van der Waals surface area contributed by atoms with Crippen LogP contribution in [-0.4, -0.2) is 28.0 Å². The highest BCUT2D eigenvalue weighted by Crippen LogP contribution is 2.38. The number of hydrogen-bond donors (Lipinski definition) is 1. The van der Waals surface area contributed by atoms with Gasteiger partial charge in [-0.3, -0.25) is 9.69 Å². The SMILES string of the molecule is C/C(=C1/S/C(=N/c2nc(-c3ccccc3)cs2)N(C)C1=O)c1cccc(N)c1. The molecule has 0 aliphatic carbocycles. The van der Waals surface area contributed by atoms with Crippen molar-refractivity contribution in [2.24, 2.45) is 4.99 Å². The van der Waals surface area contributed by atoms with Crippen LogP contribution in [0.2, 0.25) is 0 Å². The molecule has 1 fully saturated rings. The lowest BCUT2D eigenvalue weighted by atomic mass is 10.1. The first-order valence-electron chi connectivity index (χ1n) is 8.65. The number of allylic oxidation sites excluding steroid dienone is 1. The molecule has 1 aliphatic rings. The Morgan fingerprint density at radius 2 is 1.93 bits per heavy atom. The highest BCUT2D eigenvalue weighted by atomic mass is 32.2. The molecule has 7 heteroatoms. The lowest BCUT2D eigenvalue weighted by Crippen LogP contribution is -2.23. The maximum absolute atomic E-state index is 12.8. The van der Waals surface area contributed by atoms with Crippen LogP contribution in [0, 0.1) is 0 Å². The van der Waals surface area contributed by atoms with Gasteiger partial charge < -0.3 is 5.73 Å². The topological polar surface area (TPSA) is 71.6 Å². The summed E-state index contributed by atoms with van der Waals surface area (Å²) < 4.78 is 0. The van der Waals surface area contributed by atoms with Crippen molar-refractivity contribution in [3.05, 3.63) is 70.4 Å². The second-order valence-corrected chi connectivity index (χ2v) is 8.14. The molecule has 2 N–H and O–H groups in total. The van der Waals surface area contributed by atoms with Crippen molar-refractivity contribution >= 4 is 50.6 Å². The molecule has 0 radical (unpaired) electrons. The summed E-state index contributed by atoms with van der Waals surface area (Å²) in [4.78, 5) is 24.2. The number of rotatable bonds is 3. The molecule has 1 saturated heterocycles.